The van der Waals surface area contributed by atoms with E-state index in [1.807, 2.05) is 36.4 Å². The highest BCUT2D eigenvalue weighted by Gasteiger charge is 2.39. The Hall–Kier alpha value is -4.39. The molecule has 178 valence electrons. The molecule has 1 aliphatic carbocycles. The SMILES string of the molecule is CCOC(=O)C1=C(c2ccccc2)c2ccc(OCc3ccc(C(=O)OC)cc3)cc2/C1=[N+](/C)[O-]. The number of methoxy groups -OCH3 is 1. The van der Waals surface area contributed by atoms with Gasteiger partial charge in [-0.25, -0.2) is 14.3 Å². The van der Waals surface area contributed by atoms with Crippen LogP contribution in [0.15, 0.2) is 78.4 Å². The first kappa shape index (κ1) is 23.8. The third-order valence-electron chi connectivity index (χ3n) is 5.64. The van der Waals surface area contributed by atoms with Crippen molar-refractivity contribution in [3.63, 3.8) is 0 Å². The van der Waals surface area contributed by atoms with E-state index < -0.39 is 11.9 Å². The Bertz CT molecular complexity index is 1320. The minimum absolute atomic E-state index is 0.194. The lowest BCUT2D eigenvalue weighted by molar-refractivity contribution is -0.421. The fourth-order valence-corrected chi connectivity index (χ4v) is 4.07. The summed E-state index contributed by atoms with van der Waals surface area (Å²) in [5, 5.41) is 12.7. The van der Waals surface area contributed by atoms with Gasteiger partial charge in [-0.05, 0) is 53.9 Å². The number of rotatable bonds is 7. The zero-order valence-electron chi connectivity index (χ0n) is 19.7. The Morgan fingerprint density at radius 2 is 1.63 bits per heavy atom. The second-order valence-electron chi connectivity index (χ2n) is 7.87. The van der Waals surface area contributed by atoms with Crippen LogP contribution in [0.1, 0.15) is 39.5 Å². The van der Waals surface area contributed by atoms with Crippen molar-refractivity contribution in [2.75, 3.05) is 20.8 Å². The van der Waals surface area contributed by atoms with Crippen molar-refractivity contribution in [2.24, 2.45) is 0 Å². The van der Waals surface area contributed by atoms with Gasteiger partial charge in [0.05, 0.1) is 24.8 Å². The van der Waals surface area contributed by atoms with Gasteiger partial charge >= 0.3 is 11.9 Å². The molecule has 0 aliphatic heterocycles. The summed E-state index contributed by atoms with van der Waals surface area (Å²) in [7, 11) is 2.70. The lowest BCUT2D eigenvalue weighted by atomic mass is 9.97. The molecule has 0 heterocycles. The molecule has 0 saturated heterocycles. The zero-order valence-corrected chi connectivity index (χ0v) is 19.7. The predicted octanol–water partition coefficient (Wildman–Crippen LogP) is 4.36. The Labute approximate surface area is 203 Å². The first-order chi connectivity index (χ1) is 16.9. The summed E-state index contributed by atoms with van der Waals surface area (Å²) < 4.78 is 16.7. The summed E-state index contributed by atoms with van der Waals surface area (Å²) in [5.41, 5.74) is 4.62. The molecule has 3 aromatic carbocycles. The van der Waals surface area contributed by atoms with Crippen LogP contribution in [0, 0.1) is 5.21 Å². The van der Waals surface area contributed by atoms with Crippen LogP contribution in [-0.4, -0.2) is 43.2 Å². The molecule has 0 bridgehead atoms. The van der Waals surface area contributed by atoms with E-state index >= 15 is 0 Å². The number of carbonyl (C=O) groups is 2. The Morgan fingerprint density at radius 3 is 2.26 bits per heavy atom. The summed E-state index contributed by atoms with van der Waals surface area (Å²) >= 11 is 0. The molecule has 0 spiro atoms. The van der Waals surface area contributed by atoms with Gasteiger partial charge in [0.15, 0.2) is 0 Å². The summed E-state index contributed by atoms with van der Waals surface area (Å²) in [6.07, 6.45) is 0. The monoisotopic (exact) mass is 471 g/mol. The van der Waals surface area contributed by atoms with Crippen molar-refractivity contribution in [2.45, 2.75) is 13.5 Å². The molecule has 0 radical (unpaired) electrons. The molecule has 0 atom stereocenters. The van der Waals surface area contributed by atoms with Gasteiger partial charge in [0.25, 0.3) is 0 Å². The lowest BCUT2D eigenvalue weighted by Gasteiger charge is -2.10. The smallest absolute Gasteiger partial charge is 0.345 e. The first-order valence-corrected chi connectivity index (χ1v) is 11.1. The largest absolute Gasteiger partial charge is 0.624 e. The van der Waals surface area contributed by atoms with E-state index in [1.165, 1.54) is 14.2 Å². The number of nitrogens with zero attached hydrogens (tertiary/aromatic N) is 1. The minimum Gasteiger partial charge on any atom is -0.624 e. The Kier molecular flexibility index (Phi) is 6.96. The average molecular weight is 472 g/mol. The number of esters is 2. The van der Waals surface area contributed by atoms with E-state index in [-0.39, 0.29) is 24.5 Å². The summed E-state index contributed by atoms with van der Waals surface area (Å²) in [6, 6.07) is 21.8. The van der Waals surface area contributed by atoms with Crippen LogP contribution < -0.4 is 4.74 Å². The van der Waals surface area contributed by atoms with Crippen LogP contribution in [0.4, 0.5) is 0 Å². The molecule has 4 rings (SSSR count). The van der Waals surface area contributed by atoms with Crippen LogP contribution in [-0.2, 0) is 20.9 Å². The van der Waals surface area contributed by atoms with Crippen molar-refractivity contribution < 1.29 is 28.5 Å². The maximum absolute atomic E-state index is 13.0. The second kappa shape index (κ2) is 10.3. The van der Waals surface area contributed by atoms with Crippen molar-refractivity contribution >= 4 is 23.2 Å². The molecule has 0 fully saturated rings. The van der Waals surface area contributed by atoms with Gasteiger partial charge in [-0.3, -0.25) is 0 Å². The van der Waals surface area contributed by atoms with Crippen LogP contribution in [0.3, 0.4) is 0 Å². The maximum atomic E-state index is 13.0. The third kappa shape index (κ3) is 4.80. The quantitative estimate of drug-likeness (QED) is 0.220. The molecule has 7 heteroatoms. The average Bonchev–Trinajstić information content (AvgIpc) is 3.23. The van der Waals surface area contributed by atoms with Crippen LogP contribution >= 0.6 is 0 Å². The van der Waals surface area contributed by atoms with Gasteiger partial charge in [-0.2, -0.15) is 0 Å². The number of benzene rings is 3. The van der Waals surface area contributed by atoms with Crippen LogP contribution in [0.2, 0.25) is 0 Å². The fraction of sp³-hybridized carbons (Fsp3) is 0.179. The van der Waals surface area contributed by atoms with Crippen molar-refractivity contribution in [1.82, 2.24) is 0 Å². The molecule has 35 heavy (non-hydrogen) atoms. The minimum atomic E-state index is -0.548. The Balaban J connectivity index is 1.69. The van der Waals surface area contributed by atoms with E-state index in [0.29, 0.717) is 27.2 Å². The number of hydrogen-bond acceptors (Lipinski definition) is 6. The van der Waals surface area contributed by atoms with Gasteiger partial charge < -0.3 is 19.4 Å². The fourth-order valence-electron chi connectivity index (χ4n) is 4.07. The third-order valence-corrected chi connectivity index (χ3v) is 5.64. The standard InChI is InChI=1S/C28H25NO6/c1-4-34-28(31)25-24(19-8-6-5-7-9-19)22-15-14-21(16-23(22)26(25)29(2)32)35-17-18-10-12-20(13-11-18)27(30)33-3/h5-16H,4,17H2,1-3H3/b29-26+. The number of ether oxygens (including phenoxy) is 3. The molecular formula is C28H25NO6. The van der Waals surface area contributed by atoms with Crippen LogP contribution in [0.25, 0.3) is 5.57 Å². The van der Waals surface area contributed by atoms with Crippen molar-refractivity contribution in [1.29, 1.82) is 0 Å². The van der Waals surface area contributed by atoms with Crippen molar-refractivity contribution in [3.05, 3.63) is 111 Å². The molecule has 0 saturated carbocycles. The summed E-state index contributed by atoms with van der Waals surface area (Å²) in [5.74, 6) is -0.411. The van der Waals surface area contributed by atoms with Gasteiger partial charge in [-0.1, -0.05) is 42.5 Å². The number of hydrogen-bond donors (Lipinski definition) is 0. The normalized spacial score (nSPS) is 13.8. The van der Waals surface area contributed by atoms with E-state index in [1.54, 1.807) is 43.3 Å². The van der Waals surface area contributed by atoms with Crippen molar-refractivity contribution in [3.8, 4) is 5.75 Å². The lowest BCUT2D eigenvalue weighted by Crippen LogP contribution is -2.21. The molecule has 7 nitrogen and oxygen atoms in total. The molecule has 0 N–H and O–H groups in total. The highest BCUT2D eigenvalue weighted by atomic mass is 16.5. The predicted molar refractivity (Wildman–Crippen MR) is 131 cm³/mol. The number of carbonyl (C=O) groups excluding carboxylic acids is 2. The van der Waals surface area contributed by atoms with E-state index in [9.17, 15) is 14.8 Å². The second-order valence-corrected chi connectivity index (χ2v) is 7.87. The highest BCUT2D eigenvalue weighted by molar-refractivity contribution is 6.35. The Morgan fingerprint density at radius 1 is 0.914 bits per heavy atom. The molecule has 3 aromatic rings. The van der Waals surface area contributed by atoms with E-state index in [2.05, 4.69) is 0 Å². The molecule has 1 aliphatic rings. The van der Waals surface area contributed by atoms with Gasteiger partial charge in [-0.15, -0.1) is 0 Å². The number of hydroxylamine groups is 1. The molecular weight excluding hydrogens is 446 g/mol. The van der Waals surface area contributed by atoms with Gasteiger partial charge in [0, 0.05) is 5.57 Å². The molecule has 0 unspecified atom stereocenters. The van der Waals surface area contributed by atoms with Gasteiger partial charge in [0.2, 0.25) is 5.71 Å². The molecule has 0 amide bonds. The zero-order chi connectivity index (χ0) is 24.9. The highest BCUT2D eigenvalue weighted by Crippen LogP contribution is 2.40. The topological polar surface area (TPSA) is 87.9 Å². The van der Waals surface area contributed by atoms with Gasteiger partial charge in [0.1, 0.15) is 25.0 Å². The first-order valence-electron chi connectivity index (χ1n) is 11.1. The molecule has 0 aromatic heterocycles. The maximum Gasteiger partial charge on any atom is 0.345 e. The number of fused-ring (bicyclic) bond motifs is 1. The van der Waals surface area contributed by atoms with Crippen LogP contribution in [0.5, 0.6) is 5.75 Å². The summed E-state index contributed by atoms with van der Waals surface area (Å²) in [4.78, 5) is 24.6. The van der Waals surface area contributed by atoms with E-state index in [4.69, 9.17) is 14.2 Å². The van der Waals surface area contributed by atoms with E-state index in [0.717, 1.165) is 16.7 Å². The summed E-state index contributed by atoms with van der Waals surface area (Å²) in [6.45, 7) is 2.18.